The van der Waals surface area contributed by atoms with Gasteiger partial charge in [0.1, 0.15) is 18.0 Å². The van der Waals surface area contributed by atoms with Crippen LogP contribution in [0.2, 0.25) is 0 Å². The number of carbonyl (C=O) groups is 1. The first kappa shape index (κ1) is 17.1. The molecule has 130 valence electrons. The molecule has 2 atom stereocenters. The molecule has 1 aliphatic heterocycles. The fourth-order valence-electron chi connectivity index (χ4n) is 3.21. The van der Waals surface area contributed by atoms with E-state index in [1.165, 1.54) is 12.3 Å². The molecule has 0 N–H and O–H groups in total. The molecule has 2 aromatic heterocycles. The number of piperidine rings is 1. The molecule has 8 heteroatoms. The minimum Gasteiger partial charge on any atom is -0.370 e. The van der Waals surface area contributed by atoms with Gasteiger partial charge in [0.05, 0.1) is 11.3 Å². The highest BCUT2D eigenvalue weighted by atomic mass is 19.4. The Morgan fingerprint density at radius 3 is 2.76 bits per heavy atom. The quantitative estimate of drug-likeness (QED) is 0.780. The first-order valence-electron chi connectivity index (χ1n) is 7.82. The number of alkyl halides is 3. The number of hydrogen-bond donors (Lipinski definition) is 0. The van der Waals surface area contributed by atoms with E-state index in [2.05, 4.69) is 9.97 Å². The summed E-state index contributed by atoms with van der Waals surface area (Å²) in [6.07, 6.45) is -1.73. The lowest BCUT2D eigenvalue weighted by Crippen LogP contribution is -2.40. The van der Waals surface area contributed by atoms with Crippen molar-refractivity contribution in [1.29, 1.82) is 5.26 Å². The summed E-state index contributed by atoms with van der Waals surface area (Å²) in [5.74, 6) is 0.0354. The molecule has 0 amide bonds. The molecule has 2 aromatic rings. The van der Waals surface area contributed by atoms with Crippen molar-refractivity contribution in [3.05, 3.63) is 29.6 Å². The molecule has 0 bridgehead atoms. The summed E-state index contributed by atoms with van der Waals surface area (Å²) >= 11 is 0. The molecule has 2 unspecified atom stereocenters. The number of aromatic nitrogens is 2. The van der Waals surface area contributed by atoms with E-state index in [1.807, 2.05) is 17.9 Å². The number of anilines is 1. The number of rotatable bonds is 2. The van der Waals surface area contributed by atoms with Gasteiger partial charge in [-0.05, 0) is 24.5 Å². The highest BCUT2D eigenvalue weighted by Gasteiger charge is 2.33. The van der Waals surface area contributed by atoms with Crippen LogP contribution in [0.25, 0.3) is 11.0 Å². The highest BCUT2D eigenvalue weighted by Crippen LogP contribution is 2.35. The van der Waals surface area contributed by atoms with Crippen molar-refractivity contribution >= 4 is 23.0 Å². The smallest absolute Gasteiger partial charge is 0.370 e. The third-order valence-corrected chi connectivity index (χ3v) is 4.57. The fourth-order valence-corrected chi connectivity index (χ4v) is 3.21. The SMILES string of the molecule is CC1CN(c2c(C#N)cnc3nc(C(F)(F)F)ccc23)CCC1C=O. The zero-order chi connectivity index (χ0) is 18.2. The maximum Gasteiger partial charge on any atom is 0.433 e. The molecule has 1 saturated heterocycles. The summed E-state index contributed by atoms with van der Waals surface area (Å²) in [6.45, 7) is 3.03. The van der Waals surface area contributed by atoms with Crippen LogP contribution in [-0.4, -0.2) is 29.3 Å². The Labute approximate surface area is 142 Å². The van der Waals surface area contributed by atoms with E-state index in [0.29, 0.717) is 30.6 Å². The summed E-state index contributed by atoms with van der Waals surface area (Å²) in [5.41, 5.74) is -0.249. The lowest BCUT2D eigenvalue weighted by atomic mass is 9.87. The Hall–Kier alpha value is -2.69. The molecule has 0 spiro atoms. The number of pyridine rings is 2. The van der Waals surface area contributed by atoms with Crippen molar-refractivity contribution in [1.82, 2.24) is 9.97 Å². The Balaban J connectivity index is 2.10. The molecule has 3 rings (SSSR count). The second-order valence-electron chi connectivity index (χ2n) is 6.21. The van der Waals surface area contributed by atoms with Crippen LogP contribution < -0.4 is 4.90 Å². The van der Waals surface area contributed by atoms with Crippen LogP contribution in [0.4, 0.5) is 18.9 Å². The minimum absolute atomic E-state index is 0.0472. The van der Waals surface area contributed by atoms with Gasteiger partial charge in [-0.3, -0.25) is 0 Å². The van der Waals surface area contributed by atoms with Crippen molar-refractivity contribution in [2.75, 3.05) is 18.0 Å². The number of nitrogens with zero attached hydrogens (tertiary/aromatic N) is 4. The van der Waals surface area contributed by atoms with Crippen LogP contribution in [0, 0.1) is 23.2 Å². The Kier molecular flexibility index (Phi) is 4.33. The zero-order valence-corrected chi connectivity index (χ0v) is 13.4. The maximum absolute atomic E-state index is 12.9. The summed E-state index contributed by atoms with van der Waals surface area (Å²) in [6, 6.07) is 4.26. The van der Waals surface area contributed by atoms with E-state index in [1.54, 1.807) is 0 Å². The van der Waals surface area contributed by atoms with Crippen molar-refractivity contribution in [2.45, 2.75) is 19.5 Å². The van der Waals surface area contributed by atoms with Gasteiger partial charge < -0.3 is 9.69 Å². The van der Waals surface area contributed by atoms with E-state index < -0.39 is 11.9 Å². The summed E-state index contributed by atoms with van der Waals surface area (Å²) < 4.78 is 38.6. The van der Waals surface area contributed by atoms with Gasteiger partial charge >= 0.3 is 6.18 Å². The van der Waals surface area contributed by atoms with E-state index >= 15 is 0 Å². The third-order valence-electron chi connectivity index (χ3n) is 4.57. The Morgan fingerprint density at radius 1 is 1.40 bits per heavy atom. The fraction of sp³-hybridized carbons (Fsp3) is 0.412. The zero-order valence-electron chi connectivity index (χ0n) is 13.4. The van der Waals surface area contributed by atoms with Gasteiger partial charge in [0.15, 0.2) is 5.65 Å². The van der Waals surface area contributed by atoms with Crippen LogP contribution in [0.15, 0.2) is 18.3 Å². The normalized spacial score (nSPS) is 21.2. The van der Waals surface area contributed by atoms with E-state index in [9.17, 15) is 23.2 Å². The van der Waals surface area contributed by atoms with Crippen molar-refractivity contribution in [3.8, 4) is 6.07 Å². The lowest BCUT2D eigenvalue weighted by Gasteiger charge is -2.36. The molecule has 1 aliphatic rings. The molecule has 25 heavy (non-hydrogen) atoms. The number of aldehydes is 1. The maximum atomic E-state index is 12.9. The molecule has 0 radical (unpaired) electrons. The van der Waals surface area contributed by atoms with Crippen molar-refractivity contribution < 1.29 is 18.0 Å². The molecular weight excluding hydrogens is 333 g/mol. The summed E-state index contributed by atoms with van der Waals surface area (Å²) in [4.78, 5) is 20.5. The van der Waals surface area contributed by atoms with Crippen LogP contribution in [0.1, 0.15) is 24.6 Å². The number of carbonyl (C=O) groups excluding carboxylic acids is 1. The number of nitriles is 1. The average Bonchev–Trinajstić information content (AvgIpc) is 2.59. The Morgan fingerprint density at radius 2 is 2.16 bits per heavy atom. The second-order valence-corrected chi connectivity index (χ2v) is 6.21. The first-order chi connectivity index (χ1) is 11.8. The molecule has 1 fully saturated rings. The summed E-state index contributed by atoms with van der Waals surface area (Å²) in [7, 11) is 0. The minimum atomic E-state index is -4.55. The van der Waals surface area contributed by atoms with E-state index in [4.69, 9.17) is 0 Å². The second kappa shape index (κ2) is 6.31. The number of fused-ring (bicyclic) bond motifs is 1. The lowest BCUT2D eigenvalue weighted by molar-refractivity contribution is -0.141. The Bertz CT molecular complexity index is 859. The summed E-state index contributed by atoms with van der Waals surface area (Å²) in [5, 5.41) is 9.79. The molecule has 5 nitrogen and oxygen atoms in total. The largest absolute Gasteiger partial charge is 0.433 e. The van der Waals surface area contributed by atoms with Gasteiger partial charge in [0, 0.05) is 30.6 Å². The van der Waals surface area contributed by atoms with Crippen LogP contribution in [0.3, 0.4) is 0 Å². The van der Waals surface area contributed by atoms with Crippen LogP contribution in [0.5, 0.6) is 0 Å². The van der Waals surface area contributed by atoms with Crippen molar-refractivity contribution in [2.24, 2.45) is 11.8 Å². The van der Waals surface area contributed by atoms with Gasteiger partial charge in [-0.25, -0.2) is 9.97 Å². The van der Waals surface area contributed by atoms with Gasteiger partial charge in [-0.15, -0.1) is 0 Å². The van der Waals surface area contributed by atoms with Crippen LogP contribution in [-0.2, 0) is 11.0 Å². The number of hydrogen-bond acceptors (Lipinski definition) is 5. The molecule has 0 saturated carbocycles. The van der Waals surface area contributed by atoms with E-state index in [-0.39, 0.29) is 23.0 Å². The predicted octanol–water partition coefficient (Wildman–Crippen LogP) is 3.18. The van der Waals surface area contributed by atoms with Gasteiger partial charge in [-0.2, -0.15) is 18.4 Å². The van der Waals surface area contributed by atoms with Gasteiger partial charge in [0.2, 0.25) is 0 Å². The third kappa shape index (κ3) is 3.14. The molecule has 3 heterocycles. The van der Waals surface area contributed by atoms with Gasteiger partial charge in [-0.1, -0.05) is 6.92 Å². The van der Waals surface area contributed by atoms with Crippen molar-refractivity contribution in [3.63, 3.8) is 0 Å². The molecule has 0 aromatic carbocycles. The van der Waals surface area contributed by atoms with Crippen LogP contribution >= 0.6 is 0 Å². The molecule has 0 aliphatic carbocycles. The topological polar surface area (TPSA) is 69.9 Å². The number of halogens is 3. The highest BCUT2D eigenvalue weighted by molar-refractivity contribution is 5.92. The standard InChI is InChI=1S/C17H15F3N4O/c1-10-8-24(5-4-11(10)9-25)15-12(6-21)7-22-16-13(15)2-3-14(23-16)17(18,19)20/h2-3,7,9-11H,4-5,8H2,1H3. The predicted molar refractivity (Wildman–Crippen MR) is 84.8 cm³/mol. The average molecular weight is 348 g/mol. The molecular formula is C17H15F3N4O. The monoisotopic (exact) mass is 348 g/mol. The van der Waals surface area contributed by atoms with E-state index in [0.717, 1.165) is 12.4 Å². The first-order valence-corrected chi connectivity index (χ1v) is 7.82. The van der Waals surface area contributed by atoms with Gasteiger partial charge in [0.25, 0.3) is 0 Å².